The van der Waals surface area contributed by atoms with E-state index in [0.29, 0.717) is 6.42 Å². The summed E-state index contributed by atoms with van der Waals surface area (Å²) >= 11 is 10.7. The van der Waals surface area contributed by atoms with E-state index in [1.54, 1.807) is 6.92 Å². The Morgan fingerprint density at radius 3 is 2.33 bits per heavy atom. The predicted octanol–water partition coefficient (Wildman–Crippen LogP) is 2.30. The standard InChI is InChI=1S/C5H9Cl2NO/c1-3-5(2,7)8-4(6)9/h3H2,1-2H3,(H,8,9). The van der Waals surface area contributed by atoms with Crippen LogP contribution in [0.5, 0.6) is 0 Å². The quantitative estimate of drug-likeness (QED) is 0.384. The minimum atomic E-state index is -0.696. The molecule has 0 heterocycles. The monoisotopic (exact) mass is 169 g/mol. The smallest absolute Gasteiger partial charge is 0.315 e. The van der Waals surface area contributed by atoms with Gasteiger partial charge in [-0.3, -0.25) is 4.79 Å². The lowest BCUT2D eigenvalue weighted by atomic mass is 10.2. The molecule has 0 spiro atoms. The molecular weight excluding hydrogens is 161 g/mol. The molecule has 1 N–H and O–H groups in total. The molecule has 2 nitrogen and oxygen atoms in total. The molecule has 0 aliphatic rings. The largest absolute Gasteiger partial charge is 0.324 e. The van der Waals surface area contributed by atoms with Crippen LogP contribution < -0.4 is 5.32 Å². The first-order valence-corrected chi connectivity index (χ1v) is 3.40. The van der Waals surface area contributed by atoms with Gasteiger partial charge >= 0.3 is 5.37 Å². The molecule has 9 heavy (non-hydrogen) atoms. The minimum absolute atomic E-state index is 0.616. The molecule has 0 aliphatic heterocycles. The SMILES string of the molecule is CCC(C)(Cl)NC(=O)Cl. The first kappa shape index (κ1) is 9.05. The number of carbonyl (C=O) groups excluding carboxylic acids is 1. The van der Waals surface area contributed by atoms with Gasteiger partial charge in [0.25, 0.3) is 0 Å². The Bertz CT molecular complexity index is 114. The molecule has 1 atom stereocenters. The van der Waals surface area contributed by atoms with Gasteiger partial charge in [0.1, 0.15) is 5.00 Å². The third kappa shape index (κ3) is 4.55. The van der Waals surface area contributed by atoms with Crippen LogP contribution in [0.1, 0.15) is 20.3 Å². The van der Waals surface area contributed by atoms with Gasteiger partial charge in [0.2, 0.25) is 0 Å². The van der Waals surface area contributed by atoms with E-state index in [9.17, 15) is 4.79 Å². The van der Waals surface area contributed by atoms with Crippen LogP contribution in [0.4, 0.5) is 4.79 Å². The van der Waals surface area contributed by atoms with Crippen LogP contribution in [0.3, 0.4) is 0 Å². The van der Waals surface area contributed by atoms with Gasteiger partial charge in [0, 0.05) is 0 Å². The third-order valence-corrected chi connectivity index (χ3v) is 1.48. The second-order valence-electron chi connectivity index (χ2n) is 1.95. The van der Waals surface area contributed by atoms with Crippen molar-refractivity contribution in [3.8, 4) is 0 Å². The van der Waals surface area contributed by atoms with Crippen molar-refractivity contribution in [1.82, 2.24) is 5.32 Å². The highest BCUT2D eigenvalue weighted by Gasteiger charge is 2.18. The molecule has 0 radical (unpaired) electrons. The second kappa shape index (κ2) is 3.28. The molecule has 0 aliphatic carbocycles. The van der Waals surface area contributed by atoms with E-state index in [1.807, 2.05) is 6.92 Å². The summed E-state index contributed by atoms with van der Waals surface area (Å²) < 4.78 is 0. The molecule has 0 saturated heterocycles. The van der Waals surface area contributed by atoms with Crippen LogP contribution in [0, 0.1) is 0 Å². The molecule has 0 aromatic heterocycles. The van der Waals surface area contributed by atoms with Crippen LogP contribution >= 0.6 is 23.2 Å². The topological polar surface area (TPSA) is 29.1 Å². The second-order valence-corrected chi connectivity index (χ2v) is 3.13. The van der Waals surface area contributed by atoms with Crippen molar-refractivity contribution in [3.63, 3.8) is 0 Å². The summed E-state index contributed by atoms with van der Waals surface area (Å²) in [6.45, 7) is 3.55. The van der Waals surface area contributed by atoms with Crippen molar-refractivity contribution in [2.75, 3.05) is 0 Å². The number of halogens is 2. The number of carbonyl (C=O) groups is 1. The predicted molar refractivity (Wildman–Crippen MR) is 38.9 cm³/mol. The van der Waals surface area contributed by atoms with E-state index in [1.165, 1.54) is 0 Å². The normalized spacial score (nSPS) is 16.4. The number of hydrogen-bond acceptors (Lipinski definition) is 1. The van der Waals surface area contributed by atoms with E-state index in [-0.39, 0.29) is 0 Å². The summed E-state index contributed by atoms with van der Waals surface area (Å²) in [4.78, 5) is 9.49. The Balaban J connectivity index is 3.71. The van der Waals surface area contributed by atoms with Crippen molar-refractivity contribution in [1.29, 1.82) is 0 Å². The Labute approximate surface area is 64.5 Å². The van der Waals surface area contributed by atoms with Crippen molar-refractivity contribution in [2.45, 2.75) is 25.3 Å². The minimum Gasteiger partial charge on any atom is -0.324 e. The van der Waals surface area contributed by atoms with Gasteiger partial charge in [0.05, 0.1) is 0 Å². The van der Waals surface area contributed by atoms with E-state index in [0.717, 1.165) is 0 Å². The maximum absolute atomic E-state index is 10.2. The summed E-state index contributed by atoms with van der Waals surface area (Å²) in [6.07, 6.45) is 0.646. The third-order valence-electron chi connectivity index (χ3n) is 1.02. The van der Waals surface area contributed by atoms with Crippen molar-refractivity contribution < 1.29 is 4.79 Å². The lowest BCUT2D eigenvalue weighted by Crippen LogP contribution is -2.37. The van der Waals surface area contributed by atoms with Crippen LogP contribution in [0.25, 0.3) is 0 Å². The molecule has 0 aromatic carbocycles. The zero-order valence-corrected chi connectivity index (χ0v) is 6.88. The molecule has 4 heteroatoms. The average Bonchev–Trinajstić information content (AvgIpc) is 1.63. The number of alkyl halides is 1. The van der Waals surface area contributed by atoms with Gasteiger partial charge in [-0.05, 0) is 24.9 Å². The highest BCUT2D eigenvalue weighted by Crippen LogP contribution is 2.14. The Hall–Kier alpha value is 0.0500. The summed E-state index contributed by atoms with van der Waals surface area (Å²) in [5.41, 5.74) is 0. The lowest BCUT2D eigenvalue weighted by Gasteiger charge is -2.19. The summed E-state index contributed by atoms with van der Waals surface area (Å²) in [5, 5.41) is 1.74. The van der Waals surface area contributed by atoms with Gasteiger partial charge in [-0.2, -0.15) is 0 Å². The molecule has 0 saturated carbocycles. The van der Waals surface area contributed by atoms with E-state index < -0.39 is 10.4 Å². The van der Waals surface area contributed by atoms with Crippen LogP contribution in [0.2, 0.25) is 0 Å². The van der Waals surface area contributed by atoms with Gasteiger partial charge in [-0.15, -0.1) is 0 Å². The van der Waals surface area contributed by atoms with E-state index in [2.05, 4.69) is 5.32 Å². The number of nitrogens with one attached hydrogen (secondary N) is 1. The molecule has 54 valence electrons. The van der Waals surface area contributed by atoms with Gasteiger partial charge in [0.15, 0.2) is 0 Å². The summed E-state index contributed by atoms with van der Waals surface area (Å²) in [5.74, 6) is 0. The van der Waals surface area contributed by atoms with Gasteiger partial charge in [-0.1, -0.05) is 18.5 Å². The fraction of sp³-hybridized carbons (Fsp3) is 0.800. The maximum atomic E-state index is 10.2. The molecule has 1 amide bonds. The summed E-state index contributed by atoms with van der Waals surface area (Å²) in [6, 6.07) is 0. The molecule has 0 fully saturated rings. The summed E-state index contributed by atoms with van der Waals surface area (Å²) in [7, 11) is 0. The highest BCUT2D eigenvalue weighted by molar-refractivity contribution is 6.63. The maximum Gasteiger partial charge on any atom is 0.315 e. The zero-order chi connectivity index (χ0) is 7.49. The van der Waals surface area contributed by atoms with E-state index >= 15 is 0 Å². The van der Waals surface area contributed by atoms with Gasteiger partial charge in [-0.25, -0.2) is 0 Å². The van der Waals surface area contributed by atoms with Crippen LogP contribution in [0.15, 0.2) is 0 Å². The Morgan fingerprint density at radius 2 is 2.22 bits per heavy atom. The molecule has 0 aromatic rings. The first-order chi connectivity index (χ1) is 3.98. The van der Waals surface area contributed by atoms with Crippen LogP contribution in [-0.2, 0) is 0 Å². The number of amides is 1. The lowest BCUT2D eigenvalue weighted by molar-refractivity contribution is 0.254. The zero-order valence-electron chi connectivity index (χ0n) is 5.37. The van der Waals surface area contributed by atoms with Crippen molar-refractivity contribution >= 4 is 28.6 Å². The van der Waals surface area contributed by atoms with Gasteiger partial charge < -0.3 is 5.32 Å². The Morgan fingerprint density at radius 1 is 1.78 bits per heavy atom. The highest BCUT2D eigenvalue weighted by atomic mass is 35.5. The van der Waals surface area contributed by atoms with Crippen molar-refractivity contribution in [3.05, 3.63) is 0 Å². The average molecular weight is 170 g/mol. The molecule has 1 unspecified atom stereocenters. The number of hydrogen-bond donors (Lipinski definition) is 1. The molecule has 0 rings (SSSR count). The van der Waals surface area contributed by atoms with Crippen molar-refractivity contribution in [2.24, 2.45) is 0 Å². The van der Waals surface area contributed by atoms with E-state index in [4.69, 9.17) is 23.2 Å². The Kier molecular flexibility index (Phi) is 3.30. The fourth-order valence-electron chi connectivity index (χ4n) is 0.293. The van der Waals surface area contributed by atoms with Crippen LogP contribution in [-0.4, -0.2) is 10.4 Å². The molecule has 0 bridgehead atoms. The fourth-order valence-corrected chi connectivity index (χ4v) is 0.636. The first-order valence-electron chi connectivity index (χ1n) is 2.64. The number of rotatable bonds is 2. The molecular formula is C5H9Cl2NO.